The third-order valence-electron chi connectivity index (χ3n) is 1.98. The van der Waals surface area contributed by atoms with E-state index in [1.165, 1.54) is 6.07 Å². The van der Waals surface area contributed by atoms with Crippen molar-refractivity contribution in [3.05, 3.63) is 28.8 Å². The Morgan fingerprint density at radius 3 is 2.53 bits per heavy atom. The van der Waals surface area contributed by atoms with Gasteiger partial charge in [0.2, 0.25) is 5.82 Å². The highest BCUT2D eigenvalue weighted by Crippen LogP contribution is 2.29. The van der Waals surface area contributed by atoms with Crippen molar-refractivity contribution in [2.24, 2.45) is 11.5 Å². The maximum Gasteiger partial charge on any atom is 0.202 e. The molecule has 0 amide bonds. The van der Waals surface area contributed by atoms with E-state index in [0.717, 1.165) is 6.07 Å². The fourth-order valence-corrected chi connectivity index (χ4v) is 1.13. The summed E-state index contributed by atoms with van der Waals surface area (Å²) in [5.74, 6) is -3.76. The summed E-state index contributed by atoms with van der Waals surface area (Å²) in [6, 6.07) is 1.61. The molecule has 1 aromatic rings. The zero-order valence-electron chi connectivity index (χ0n) is 7.67. The number of hydrogen-bond donors (Lipinski definition) is 3. The Morgan fingerprint density at radius 2 is 2.07 bits per heavy atom. The van der Waals surface area contributed by atoms with Crippen LogP contribution in [-0.2, 0) is 0 Å². The predicted molar refractivity (Wildman–Crippen MR) is 48.7 cm³/mol. The summed E-state index contributed by atoms with van der Waals surface area (Å²) >= 11 is 0. The molecule has 80 valence electrons. The normalized spacial score (nSPS) is 12.2. The lowest BCUT2D eigenvalue weighted by Crippen LogP contribution is -2.21. The SMILES string of the molecule is N#Cc1cc([C@@H](N)CN)c(O)c(F)c1F. The highest BCUT2D eigenvalue weighted by molar-refractivity contribution is 5.45. The van der Waals surface area contributed by atoms with Crippen molar-refractivity contribution in [1.29, 1.82) is 5.26 Å². The molecule has 5 N–H and O–H groups in total. The number of phenols is 1. The molecule has 0 saturated heterocycles. The zero-order chi connectivity index (χ0) is 11.6. The Hall–Kier alpha value is -1.71. The number of nitrogens with zero attached hydrogens (tertiary/aromatic N) is 1. The minimum atomic E-state index is -1.48. The Labute approximate surface area is 84.7 Å². The molecule has 0 aromatic heterocycles. The number of hydrogen-bond acceptors (Lipinski definition) is 4. The third kappa shape index (κ3) is 1.88. The molecule has 15 heavy (non-hydrogen) atoms. The molecule has 0 fully saturated rings. The van der Waals surface area contributed by atoms with Gasteiger partial charge < -0.3 is 16.6 Å². The van der Waals surface area contributed by atoms with Crippen molar-refractivity contribution in [2.45, 2.75) is 6.04 Å². The minimum Gasteiger partial charge on any atom is -0.505 e. The highest BCUT2D eigenvalue weighted by atomic mass is 19.2. The van der Waals surface area contributed by atoms with Crippen molar-refractivity contribution in [1.82, 2.24) is 0 Å². The van der Waals surface area contributed by atoms with Gasteiger partial charge in [0.15, 0.2) is 11.6 Å². The zero-order valence-corrected chi connectivity index (χ0v) is 7.67. The first kappa shape index (κ1) is 11.4. The van der Waals surface area contributed by atoms with E-state index >= 15 is 0 Å². The van der Waals surface area contributed by atoms with E-state index in [4.69, 9.17) is 16.7 Å². The molecule has 1 atom stereocenters. The summed E-state index contributed by atoms with van der Waals surface area (Å²) in [6.45, 7) is -0.0521. The van der Waals surface area contributed by atoms with E-state index in [0.29, 0.717) is 0 Å². The molecule has 0 heterocycles. The van der Waals surface area contributed by atoms with Gasteiger partial charge in [0, 0.05) is 18.2 Å². The molecule has 0 aliphatic heterocycles. The third-order valence-corrected chi connectivity index (χ3v) is 1.98. The van der Waals surface area contributed by atoms with Gasteiger partial charge in [-0.15, -0.1) is 0 Å². The standard InChI is InChI=1S/C9H9F2N3O/c10-7-4(2-12)1-5(6(14)3-13)9(15)8(7)11/h1,6,15H,3,13-14H2/t6-/m0/s1. The maximum absolute atomic E-state index is 13.1. The van der Waals surface area contributed by atoms with Crippen LogP contribution in [-0.4, -0.2) is 11.7 Å². The second-order valence-corrected chi connectivity index (χ2v) is 2.94. The van der Waals surface area contributed by atoms with Crippen LogP contribution in [0.2, 0.25) is 0 Å². The number of aromatic hydroxyl groups is 1. The number of phenolic OH excluding ortho intramolecular Hbond substituents is 1. The summed E-state index contributed by atoms with van der Waals surface area (Å²) < 4.78 is 26.0. The molecule has 0 aliphatic carbocycles. The van der Waals surface area contributed by atoms with Crippen LogP contribution in [0.15, 0.2) is 6.07 Å². The van der Waals surface area contributed by atoms with Crippen LogP contribution in [0.5, 0.6) is 5.75 Å². The molecule has 1 rings (SSSR count). The molecule has 0 unspecified atom stereocenters. The van der Waals surface area contributed by atoms with Crippen LogP contribution < -0.4 is 11.5 Å². The first-order valence-corrected chi connectivity index (χ1v) is 4.09. The van der Waals surface area contributed by atoms with Crippen LogP contribution in [0.1, 0.15) is 17.2 Å². The van der Waals surface area contributed by atoms with Gasteiger partial charge in [0.1, 0.15) is 6.07 Å². The van der Waals surface area contributed by atoms with Crippen LogP contribution >= 0.6 is 0 Å². The van der Waals surface area contributed by atoms with Crippen molar-refractivity contribution in [2.75, 3.05) is 6.54 Å². The molecule has 0 bridgehead atoms. The van der Waals surface area contributed by atoms with Gasteiger partial charge in [-0.1, -0.05) is 0 Å². The number of halogens is 2. The van der Waals surface area contributed by atoms with Crippen LogP contribution in [0, 0.1) is 23.0 Å². The van der Waals surface area contributed by atoms with Gasteiger partial charge in [-0.2, -0.15) is 9.65 Å². The Kier molecular flexibility index (Phi) is 3.19. The van der Waals surface area contributed by atoms with Gasteiger partial charge in [-0.3, -0.25) is 0 Å². The summed E-state index contributed by atoms with van der Waals surface area (Å²) in [7, 11) is 0. The fraction of sp³-hybridized carbons (Fsp3) is 0.222. The van der Waals surface area contributed by atoms with E-state index in [-0.39, 0.29) is 12.1 Å². The average molecular weight is 213 g/mol. The lowest BCUT2D eigenvalue weighted by Gasteiger charge is -2.12. The largest absolute Gasteiger partial charge is 0.505 e. The lowest BCUT2D eigenvalue weighted by molar-refractivity contribution is 0.396. The Balaban J connectivity index is 3.43. The molecular formula is C9H9F2N3O. The van der Waals surface area contributed by atoms with E-state index in [1.807, 2.05) is 0 Å². The van der Waals surface area contributed by atoms with Crippen LogP contribution in [0.25, 0.3) is 0 Å². The van der Waals surface area contributed by atoms with Gasteiger partial charge in [0.05, 0.1) is 5.56 Å². The first-order valence-electron chi connectivity index (χ1n) is 4.09. The predicted octanol–water partition coefficient (Wildman–Crippen LogP) is 0.501. The average Bonchev–Trinajstić information content (AvgIpc) is 2.25. The van der Waals surface area contributed by atoms with Gasteiger partial charge in [0.25, 0.3) is 0 Å². The van der Waals surface area contributed by atoms with E-state index in [9.17, 15) is 13.9 Å². The lowest BCUT2D eigenvalue weighted by atomic mass is 10.0. The molecule has 4 nitrogen and oxygen atoms in total. The van der Waals surface area contributed by atoms with Crippen molar-refractivity contribution in [3.8, 4) is 11.8 Å². The van der Waals surface area contributed by atoms with Crippen molar-refractivity contribution in [3.63, 3.8) is 0 Å². The number of benzene rings is 1. The summed E-state index contributed by atoms with van der Waals surface area (Å²) in [5, 5.41) is 17.7. The molecular weight excluding hydrogens is 204 g/mol. The summed E-state index contributed by atoms with van der Waals surface area (Å²) in [5.41, 5.74) is 10.1. The topological polar surface area (TPSA) is 96.1 Å². The van der Waals surface area contributed by atoms with Gasteiger partial charge in [-0.05, 0) is 6.07 Å². The van der Waals surface area contributed by atoms with E-state index in [2.05, 4.69) is 0 Å². The maximum atomic E-state index is 13.1. The fourth-order valence-electron chi connectivity index (χ4n) is 1.13. The summed E-state index contributed by atoms with van der Waals surface area (Å²) in [4.78, 5) is 0. The number of rotatable bonds is 2. The van der Waals surface area contributed by atoms with E-state index < -0.39 is 29.0 Å². The molecule has 0 saturated carbocycles. The Morgan fingerprint density at radius 1 is 1.47 bits per heavy atom. The van der Waals surface area contributed by atoms with E-state index in [1.54, 1.807) is 0 Å². The molecule has 0 spiro atoms. The quantitative estimate of drug-likeness (QED) is 0.666. The number of nitriles is 1. The minimum absolute atomic E-state index is 0.0521. The first-order chi connectivity index (χ1) is 7.02. The van der Waals surface area contributed by atoms with Gasteiger partial charge >= 0.3 is 0 Å². The highest BCUT2D eigenvalue weighted by Gasteiger charge is 2.20. The monoisotopic (exact) mass is 213 g/mol. The number of nitrogens with two attached hydrogens (primary N) is 2. The van der Waals surface area contributed by atoms with Crippen LogP contribution in [0.3, 0.4) is 0 Å². The molecule has 0 radical (unpaired) electrons. The van der Waals surface area contributed by atoms with Gasteiger partial charge in [-0.25, -0.2) is 4.39 Å². The second-order valence-electron chi connectivity index (χ2n) is 2.94. The van der Waals surface area contributed by atoms with Crippen molar-refractivity contribution < 1.29 is 13.9 Å². The Bertz CT molecular complexity index is 428. The smallest absolute Gasteiger partial charge is 0.202 e. The molecule has 0 aliphatic rings. The second kappa shape index (κ2) is 4.21. The van der Waals surface area contributed by atoms with Crippen LogP contribution in [0.4, 0.5) is 8.78 Å². The molecule has 1 aromatic carbocycles. The van der Waals surface area contributed by atoms with Crippen molar-refractivity contribution >= 4 is 0 Å². The molecule has 6 heteroatoms. The summed E-state index contributed by atoms with van der Waals surface area (Å²) in [6.07, 6.45) is 0.